The fourth-order valence-corrected chi connectivity index (χ4v) is 3.70. The molecule has 2 aromatic rings. The monoisotopic (exact) mass is 532 g/mol. The van der Waals surface area contributed by atoms with Crippen LogP contribution in [-0.2, 0) is 16.0 Å². The Kier molecular flexibility index (Phi) is 10.8. The van der Waals surface area contributed by atoms with Crippen molar-refractivity contribution in [1.82, 2.24) is 4.90 Å². The van der Waals surface area contributed by atoms with Gasteiger partial charge in [0.15, 0.2) is 0 Å². The summed E-state index contributed by atoms with van der Waals surface area (Å²) in [6.45, 7) is 3.49. The van der Waals surface area contributed by atoms with Gasteiger partial charge in [-0.15, -0.1) is 0 Å². The zero-order valence-electron chi connectivity index (χ0n) is 19.5. The average Bonchev–Trinajstić information content (AvgIpc) is 3.12. The van der Waals surface area contributed by atoms with Crippen LogP contribution in [0.4, 0.5) is 13.2 Å². The number of likely N-dealkylation sites (tertiary alicyclic amines) is 1. The number of aliphatic hydroxyl groups is 1. The van der Waals surface area contributed by atoms with Crippen LogP contribution in [0.2, 0.25) is 5.02 Å². The first-order chi connectivity index (χ1) is 16.8. The summed E-state index contributed by atoms with van der Waals surface area (Å²) in [6, 6.07) is 14.9. The standard InChI is InChI=1S/C22H27ClN2O4.C2HF3O2/c1-15-10-20(29-19-8-6-17(23)7-9-19)13-25(15)12-18(26)14-28-21-5-3-2-4-16(21)11-22(24)27;3-2(4,5)1(6)7/h2-9,15,18,20,26H,10-14H2,1H3,(H2,24,27);(H,6,7)/t15-,18+,20+;/m1./s1. The molecule has 4 N–H and O–H groups in total. The molecule has 0 bridgehead atoms. The third kappa shape index (κ3) is 9.92. The van der Waals surface area contributed by atoms with Gasteiger partial charge in [-0.3, -0.25) is 9.69 Å². The van der Waals surface area contributed by atoms with Crippen molar-refractivity contribution in [2.45, 2.75) is 44.2 Å². The van der Waals surface area contributed by atoms with Crippen molar-refractivity contribution in [3.8, 4) is 11.5 Å². The third-order valence-electron chi connectivity index (χ3n) is 5.24. The number of para-hydroxylation sites is 1. The van der Waals surface area contributed by atoms with Crippen LogP contribution >= 0.6 is 11.6 Å². The number of primary amides is 1. The molecular weight excluding hydrogens is 505 g/mol. The van der Waals surface area contributed by atoms with Crippen molar-refractivity contribution >= 4 is 23.5 Å². The number of hydrogen-bond acceptors (Lipinski definition) is 6. The molecule has 0 unspecified atom stereocenters. The Balaban J connectivity index is 0.000000572. The average molecular weight is 533 g/mol. The number of rotatable bonds is 9. The number of halogens is 4. The molecule has 1 amide bonds. The maximum Gasteiger partial charge on any atom is 0.490 e. The Morgan fingerprint density at radius 3 is 2.39 bits per heavy atom. The predicted molar refractivity (Wildman–Crippen MR) is 126 cm³/mol. The molecule has 0 radical (unpaired) electrons. The molecule has 1 aliphatic rings. The number of ether oxygens (including phenoxy) is 2. The zero-order valence-corrected chi connectivity index (χ0v) is 20.2. The van der Waals surface area contributed by atoms with Crippen LogP contribution in [0, 0.1) is 0 Å². The molecule has 2 aromatic carbocycles. The van der Waals surface area contributed by atoms with Gasteiger partial charge >= 0.3 is 12.1 Å². The second kappa shape index (κ2) is 13.3. The highest BCUT2D eigenvalue weighted by Gasteiger charge is 2.38. The van der Waals surface area contributed by atoms with E-state index in [9.17, 15) is 23.1 Å². The molecule has 1 fully saturated rings. The minimum Gasteiger partial charge on any atom is -0.491 e. The van der Waals surface area contributed by atoms with Crippen molar-refractivity contribution in [1.29, 1.82) is 0 Å². The van der Waals surface area contributed by atoms with E-state index in [1.54, 1.807) is 12.1 Å². The van der Waals surface area contributed by atoms with E-state index in [-0.39, 0.29) is 19.1 Å². The molecule has 0 aromatic heterocycles. The summed E-state index contributed by atoms with van der Waals surface area (Å²) in [4.78, 5) is 22.3. The van der Waals surface area contributed by atoms with Crippen LogP contribution in [0.1, 0.15) is 18.9 Å². The van der Waals surface area contributed by atoms with E-state index in [2.05, 4.69) is 11.8 Å². The molecule has 12 heteroatoms. The van der Waals surface area contributed by atoms with Crippen LogP contribution in [0.15, 0.2) is 48.5 Å². The number of carbonyl (C=O) groups excluding carboxylic acids is 1. The van der Waals surface area contributed by atoms with Gasteiger partial charge in [-0.05, 0) is 37.3 Å². The van der Waals surface area contributed by atoms with Crippen molar-refractivity contribution in [3.05, 3.63) is 59.1 Å². The van der Waals surface area contributed by atoms with E-state index in [1.807, 2.05) is 36.4 Å². The number of β-amino-alcohol motifs (C(OH)–C–C–N with tert-alkyl or cyclic N) is 1. The number of amides is 1. The summed E-state index contributed by atoms with van der Waals surface area (Å²) in [5, 5.41) is 18.3. The molecule has 198 valence electrons. The molecule has 0 aliphatic carbocycles. The first-order valence-electron chi connectivity index (χ1n) is 11.0. The minimum atomic E-state index is -5.08. The van der Waals surface area contributed by atoms with E-state index in [1.165, 1.54) is 0 Å². The van der Waals surface area contributed by atoms with E-state index < -0.39 is 24.2 Å². The topological polar surface area (TPSA) is 122 Å². The normalized spacial score (nSPS) is 18.6. The number of alkyl halides is 3. The Labute approximate surface area is 211 Å². The van der Waals surface area contributed by atoms with Gasteiger partial charge < -0.3 is 25.4 Å². The van der Waals surface area contributed by atoms with Crippen LogP contribution in [0.25, 0.3) is 0 Å². The number of nitrogens with two attached hydrogens (primary N) is 1. The molecule has 0 saturated carbocycles. The van der Waals surface area contributed by atoms with E-state index in [0.29, 0.717) is 23.4 Å². The fraction of sp³-hybridized carbons (Fsp3) is 0.417. The summed E-state index contributed by atoms with van der Waals surface area (Å²) in [6.07, 6.45) is -4.68. The quantitative estimate of drug-likeness (QED) is 0.453. The van der Waals surface area contributed by atoms with Crippen LogP contribution in [0.5, 0.6) is 11.5 Å². The number of carboxylic acids is 1. The molecule has 1 saturated heterocycles. The third-order valence-corrected chi connectivity index (χ3v) is 5.49. The van der Waals surface area contributed by atoms with Crippen molar-refractivity contribution in [2.24, 2.45) is 5.73 Å². The highest BCUT2D eigenvalue weighted by molar-refractivity contribution is 6.30. The van der Waals surface area contributed by atoms with Gasteiger partial charge in [-0.2, -0.15) is 13.2 Å². The number of nitrogens with zero attached hydrogens (tertiary/aromatic N) is 1. The largest absolute Gasteiger partial charge is 0.491 e. The lowest BCUT2D eigenvalue weighted by atomic mass is 10.1. The second-order valence-electron chi connectivity index (χ2n) is 8.25. The smallest absolute Gasteiger partial charge is 0.490 e. The lowest BCUT2D eigenvalue weighted by Gasteiger charge is -2.24. The van der Waals surface area contributed by atoms with Crippen LogP contribution < -0.4 is 15.2 Å². The van der Waals surface area contributed by atoms with Crippen molar-refractivity contribution in [2.75, 3.05) is 19.7 Å². The number of aliphatic hydroxyl groups excluding tert-OH is 1. The summed E-state index contributed by atoms with van der Waals surface area (Å²) in [5.41, 5.74) is 6.00. The van der Waals surface area contributed by atoms with Crippen molar-refractivity contribution < 1.29 is 42.4 Å². The Morgan fingerprint density at radius 1 is 1.19 bits per heavy atom. The van der Waals surface area contributed by atoms with E-state index in [4.69, 9.17) is 36.7 Å². The maximum absolute atomic E-state index is 11.2. The SMILES string of the molecule is C[C@@H]1C[C@H](Oc2ccc(Cl)cc2)CN1C[C@H](O)COc1ccccc1CC(N)=O.O=C(O)C(F)(F)F. The van der Waals surface area contributed by atoms with Gasteiger partial charge in [0, 0.05) is 36.1 Å². The summed E-state index contributed by atoms with van der Waals surface area (Å²) in [7, 11) is 0. The number of hydrogen-bond donors (Lipinski definition) is 3. The number of carbonyl (C=O) groups is 2. The lowest BCUT2D eigenvalue weighted by Crippen LogP contribution is -2.38. The second-order valence-corrected chi connectivity index (χ2v) is 8.69. The van der Waals surface area contributed by atoms with E-state index >= 15 is 0 Å². The first kappa shape index (κ1) is 29.2. The molecular formula is C24H28ClF3N2O6. The van der Waals surface area contributed by atoms with Crippen LogP contribution in [0.3, 0.4) is 0 Å². The molecule has 3 rings (SSSR count). The van der Waals surface area contributed by atoms with Crippen molar-refractivity contribution in [3.63, 3.8) is 0 Å². The van der Waals surface area contributed by atoms with Gasteiger partial charge in [-0.25, -0.2) is 4.79 Å². The van der Waals surface area contributed by atoms with Crippen LogP contribution in [-0.4, -0.2) is 71.1 Å². The van der Waals surface area contributed by atoms with E-state index in [0.717, 1.165) is 24.3 Å². The van der Waals surface area contributed by atoms with Gasteiger partial charge in [0.1, 0.15) is 30.3 Å². The highest BCUT2D eigenvalue weighted by Crippen LogP contribution is 2.24. The maximum atomic E-state index is 11.2. The highest BCUT2D eigenvalue weighted by atomic mass is 35.5. The number of carboxylic acid groups (broad SMARTS) is 1. The number of benzene rings is 2. The summed E-state index contributed by atoms with van der Waals surface area (Å²) < 4.78 is 43.5. The number of aliphatic carboxylic acids is 1. The Hall–Kier alpha value is -3.02. The first-order valence-corrected chi connectivity index (χ1v) is 11.4. The zero-order chi connectivity index (χ0) is 26.9. The molecule has 36 heavy (non-hydrogen) atoms. The molecule has 0 spiro atoms. The minimum absolute atomic E-state index is 0.0654. The van der Waals surface area contributed by atoms with Gasteiger partial charge in [0.2, 0.25) is 5.91 Å². The summed E-state index contributed by atoms with van der Waals surface area (Å²) in [5.74, 6) is -1.81. The lowest BCUT2D eigenvalue weighted by molar-refractivity contribution is -0.192. The fourth-order valence-electron chi connectivity index (χ4n) is 3.58. The van der Waals surface area contributed by atoms with Gasteiger partial charge in [0.05, 0.1) is 6.42 Å². The summed E-state index contributed by atoms with van der Waals surface area (Å²) >= 11 is 5.91. The molecule has 3 atom stereocenters. The molecule has 1 aliphatic heterocycles. The molecule has 8 nitrogen and oxygen atoms in total. The predicted octanol–water partition coefficient (Wildman–Crippen LogP) is 3.28. The van der Waals surface area contributed by atoms with Gasteiger partial charge in [-0.1, -0.05) is 29.8 Å². The Bertz CT molecular complexity index is 1010. The van der Waals surface area contributed by atoms with Gasteiger partial charge in [0.25, 0.3) is 0 Å². The Morgan fingerprint density at radius 2 is 1.81 bits per heavy atom. The molecule has 1 heterocycles.